The van der Waals surface area contributed by atoms with Crippen molar-refractivity contribution in [3.8, 4) is 21.6 Å². The SMILES string of the molecule is O=C(C[C@@H](CC1CCCC1)c1ncc(-c2ccc(-c3ccccc3)cc2)s1)NO. The summed E-state index contributed by atoms with van der Waals surface area (Å²) in [5.74, 6) is 0.383. The molecule has 1 fully saturated rings. The lowest BCUT2D eigenvalue weighted by Gasteiger charge is -2.17. The average molecular weight is 407 g/mol. The zero-order chi connectivity index (χ0) is 20.1. The normalized spacial score (nSPS) is 15.3. The van der Waals surface area contributed by atoms with Gasteiger partial charge in [0, 0.05) is 18.5 Å². The number of thiazole rings is 1. The predicted octanol–water partition coefficient (Wildman–Crippen LogP) is 6.04. The Morgan fingerprint density at radius 1 is 1.03 bits per heavy atom. The molecule has 1 atom stereocenters. The number of hydroxylamine groups is 1. The molecule has 1 aliphatic rings. The number of carbonyl (C=O) groups excluding carboxylic acids is 1. The standard InChI is InChI=1S/C24H26N2O2S/c27-23(26-28)15-21(14-17-6-4-5-7-17)24-25-16-22(29-24)20-12-10-19(11-13-20)18-8-2-1-3-9-18/h1-3,8-13,16-17,21,28H,4-7,14-15H2,(H,26,27)/t21-/m1/s1. The first-order valence-electron chi connectivity index (χ1n) is 10.3. The Morgan fingerprint density at radius 2 is 1.69 bits per heavy atom. The summed E-state index contributed by atoms with van der Waals surface area (Å²) in [6, 6.07) is 18.9. The molecule has 1 aromatic heterocycles. The van der Waals surface area contributed by atoms with Crippen LogP contribution in [-0.2, 0) is 4.79 Å². The summed E-state index contributed by atoms with van der Waals surface area (Å²) in [5, 5.41) is 9.97. The highest BCUT2D eigenvalue weighted by molar-refractivity contribution is 7.15. The average Bonchev–Trinajstić information content (AvgIpc) is 3.46. The number of hydrogen-bond acceptors (Lipinski definition) is 4. The summed E-state index contributed by atoms with van der Waals surface area (Å²) in [6.07, 6.45) is 8.18. The van der Waals surface area contributed by atoms with Crippen LogP contribution < -0.4 is 5.48 Å². The van der Waals surface area contributed by atoms with Crippen LogP contribution in [0.3, 0.4) is 0 Å². The summed E-state index contributed by atoms with van der Waals surface area (Å²) < 4.78 is 0. The number of nitrogens with zero attached hydrogens (tertiary/aromatic N) is 1. The third-order valence-corrected chi connectivity index (χ3v) is 7.01. The Balaban J connectivity index is 1.52. The number of nitrogens with one attached hydrogen (secondary N) is 1. The Kier molecular flexibility index (Phi) is 6.37. The van der Waals surface area contributed by atoms with Crippen LogP contribution in [0.4, 0.5) is 0 Å². The molecule has 29 heavy (non-hydrogen) atoms. The van der Waals surface area contributed by atoms with Gasteiger partial charge in [0.2, 0.25) is 5.91 Å². The number of rotatable bonds is 7. The number of carbonyl (C=O) groups is 1. The molecule has 5 heteroatoms. The second kappa shape index (κ2) is 9.33. The van der Waals surface area contributed by atoms with E-state index in [0.29, 0.717) is 5.92 Å². The van der Waals surface area contributed by atoms with Crippen LogP contribution in [0.25, 0.3) is 21.6 Å². The quantitative estimate of drug-likeness (QED) is 0.372. The van der Waals surface area contributed by atoms with Crippen molar-refractivity contribution in [3.63, 3.8) is 0 Å². The van der Waals surface area contributed by atoms with Gasteiger partial charge in [-0.15, -0.1) is 11.3 Å². The lowest BCUT2D eigenvalue weighted by atomic mass is 9.91. The zero-order valence-corrected chi connectivity index (χ0v) is 17.2. The van der Waals surface area contributed by atoms with Crippen LogP contribution in [0.5, 0.6) is 0 Å². The first-order chi connectivity index (χ1) is 14.2. The molecule has 0 bridgehead atoms. The monoisotopic (exact) mass is 406 g/mol. The number of hydrogen-bond donors (Lipinski definition) is 2. The lowest BCUT2D eigenvalue weighted by molar-refractivity contribution is -0.129. The molecule has 4 nitrogen and oxygen atoms in total. The first-order valence-corrected chi connectivity index (χ1v) is 11.1. The molecule has 1 saturated carbocycles. The Bertz CT molecular complexity index is 931. The van der Waals surface area contributed by atoms with E-state index in [0.717, 1.165) is 21.9 Å². The van der Waals surface area contributed by atoms with E-state index in [-0.39, 0.29) is 18.2 Å². The highest BCUT2D eigenvalue weighted by Gasteiger charge is 2.25. The fraction of sp³-hybridized carbons (Fsp3) is 0.333. The van der Waals surface area contributed by atoms with Gasteiger partial charge in [-0.05, 0) is 29.0 Å². The zero-order valence-electron chi connectivity index (χ0n) is 16.4. The first kappa shape index (κ1) is 19.8. The third-order valence-electron chi connectivity index (χ3n) is 5.80. The van der Waals surface area contributed by atoms with Crippen LogP contribution in [-0.4, -0.2) is 16.1 Å². The van der Waals surface area contributed by atoms with Gasteiger partial charge in [-0.25, -0.2) is 10.5 Å². The Hall–Kier alpha value is -2.50. The molecular weight excluding hydrogens is 380 g/mol. The van der Waals surface area contributed by atoms with Crippen molar-refractivity contribution in [3.05, 3.63) is 65.8 Å². The van der Waals surface area contributed by atoms with Crippen LogP contribution >= 0.6 is 11.3 Å². The van der Waals surface area contributed by atoms with Gasteiger partial charge in [0.15, 0.2) is 0 Å². The fourth-order valence-corrected chi connectivity index (χ4v) is 5.29. The molecule has 3 aromatic rings. The van der Waals surface area contributed by atoms with E-state index >= 15 is 0 Å². The predicted molar refractivity (Wildman–Crippen MR) is 117 cm³/mol. The molecule has 150 valence electrons. The molecule has 1 heterocycles. The van der Waals surface area contributed by atoms with Crippen molar-refractivity contribution < 1.29 is 10.0 Å². The number of benzene rings is 2. The Morgan fingerprint density at radius 3 is 2.38 bits per heavy atom. The van der Waals surface area contributed by atoms with Crippen LogP contribution in [0.15, 0.2) is 60.8 Å². The third kappa shape index (κ3) is 4.92. The summed E-state index contributed by atoms with van der Waals surface area (Å²) in [5.41, 5.74) is 5.32. The van der Waals surface area contributed by atoms with E-state index in [1.807, 2.05) is 24.4 Å². The summed E-state index contributed by atoms with van der Waals surface area (Å²) in [6.45, 7) is 0. The molecule has 0 radical (unpaired) electrons. The summed E-state index contributed by atoms with van der Waals surface area (Å²) >= 11 is 1.66. The van der Waals surface area contributed by atoms with E-state index in [2.05, 4.69) is 41.4 Å². The molecular formula is C24H26N2O2S. The second-order valence-electron chi connectivity index (χ2n) is 7.83. The van der Waals surface area contributed by atoms with E-state index in [1.54, 1.807) is 16.8 Å². The van der Waals surface area contributed by atoms with Gasteiger partial charge in [0.05, 0.1) is 9.88 Å². The topological polar surface area (TPSA) is 62.2 Å². The molecule has 1 amide bonds. The molecule has 0 spiro atoms. The van der Waals surface area contributed by atoms with Gasteiger partial charge in [0.25, 0.3) is 0 Å². The van der Waals surface area contributed by atoms with Gasteiger partial charge < -0.3 is 0 Å². The second-order valence-corrected chi connectivity index (χ2v) is 8.89. The maximum atomic E-state index is 11.8. The van der Waals surface area contributed by atoms with E-state index in [9.17, 15) is 4.79 Å². The van der Waals surface area contributed by atoms with Gasteiger partial charge in [-0.2, -0.15) is 0 Å². The molecule has 2 aromatic carbocycles. The van der Waals surface area contributed by atoms with Crippen molar-refractivity contribution in [2.24, 2.45) is 5.92 Å². The molecule has 1 aliphatic carbocycles. The van der Waals surface area contributed by atoms with Crippen molar-refractivity contribution in [1.29, 1.82) is 0 Å². The maximum absolute atomic E-state index is 11.8. The van der Waals surface area contributed by atoms with Gasteiger partial charge in [-0.3, -0.25) is 10.0 Å². The van der Waals surface area contributed by atoms with Gasteiger partial charge >= 0.3 is 0 Å². The van der Waals surface area contributed by atoms with Crippen LogP contribution in [0, 0.1) is 5.92 Å². The summed E-state index contributed by atoms with van der Waals surface area (Å²) in [4.78, 5) is 17.6. The van der Waals surface area contributed by atoms with Crippen molar-refractivity contribution in [2.45, 2.75) is 44.4 Å². The van der Waals surface area contributed by atoms with Crippen LogP contribution in [0.1, 0.15) is 49.5 Å². The van der Waals surface area contributed by atoms with Crippen molar-refractivity contribution in [1.82, 2.24) is 10.5 Å². The minimum atomic E-state index is -0.336. The van der Waals surface area contributed by atoms with Gasteiger partial charge in [-0.1, -0.05) is 80.3 Å². The molecule has 0 saturated heterocycles. The smallest absolute Gasteiger partial charge is 0.244 e. The minimum Gasteiger partial charge on any atom is -0.289 e. The highest BCUT2D eigenvalue weighted by Crippen LogP contribution is 2.39. The molecule has 2 N–H and O–H groups in total. The van der Waals surface area contributed by atoms with Gasteiger partial charge in [0.1, 0.15) is 0 Å². The van der Waals surface area contributed by atoms with E-state index < -0.39 is 0 Å². The minimum absolute atomic E-state index is 0.0626. The van der Waals surface area contributed by atoms with Crippen LogP contribution in [0.2, 0.25) is 0 Å². The lowest BCUT2D eigenvalue weighted by Crippen LogP contribution is -2.22. The fourth-order valence-electron chi connectivity index (χ4n) is 4.26. The maximum Gasteiger partial charge on any atom is 0.244 e. The molecule has 4 rings (SSSR count). The largest absolute Gasteiger partial charge is 0.289 e. The molecule has 0 unspecified atom stereocenters. The Labute approximate surface area is 175 Å². The van der Waals surface area contributed by atoms with E-state index in [4.69, 9.17) is 5.21 Å². The van der Waals surface area contributed by atoms with Crippen molar-refractivity contribution >= 4 is 17.2 Å². The van der Waals surface area contributed by atoms with E-state index in [1.165, 1.54) is 36.8 Å². The highest BCUT2D eigenvalue weighted by atomic mass is 32.1. The summed E-state index contributed by atoms with van der Waals surface area (Å²) in [7, 11) is 0. The number of aromatic nitrogens is 1. The van der Waals surface area contributed by atoms with Crippen molar-refractivity contribution in [2.75, 3.05) is 0 Å². The molecule has 0 aliphatic heterocycles. The number of amides is 1.